The van der Waals surface area contributed by atoms with E-state index in [1.165, 1.54) is 11.3 Å². The Morgan fingerprint density at radius 1 is 1.07 bits per heavy atom. The van der Waals surface area contributed by atoms with Crippen molar-refractivity contribution in [3.8, 4) is 11.5 Å². The van der Waals surface area contributed by atoms with E-state index in [2.05, 4.69) is 4.99 Å². The number of fused-ring (bicyclic) bond motifs is 1. The lowest BCUT2D eigenvalue weighted by molar-refractivity contribution is -0.118. The van der Waals surface area contributed by atoms with Gasteiger partial charge in [-0.25, -0.2) is 0 Å². The van der Waals surface area contributed by atoms with Crippen LogP contribution in [0.15, 0.2) is 53.5 Å². The van der Waals surface area contributed by atoms with Crippen LogP contribution < -0.4 is 14.3 Å². The molecule has 3 aromatic rings. The van der Waals surface area contributed by atoms with E-state index in [0.29, 0.717) is 24.6 Å². The summed E-state index contributed by atoms with van der Waals surface area (Å²) in [5.41, 5.74) is 0.925. The number of thiazole rings is 1. The number of rotatable bonds is 8. The van der Waals surface area contributed by atoms with Gasteiger partial charge >= 0.3 is 0 Å². The third-order valence-electron chi connectivity index (χ3n) is 3.95. The summed E-state index contributed by atoms with van der Waals surface area (Å²) < 4.78 is 19.2. The molecule has 0 saturated carbocycles. The predicted octanol–water partition coefficient (Wildman–Crippen LogP) is 3.25. The fourth-order valence-electron chi connectivity index (χ4n) is 2.67. The molecule has 0 fully saturated rings. The minimum absolute atomic E-state index is 0.213. The smallest absolute Gasteiger partial charge is 0.251 e. The van der Waals surface area contributed by atoms with Crippen molar-refractivity contribution in [3.05, 3.63) is 53.3 Å². The molecular formula is C20H22N2O4S. The molecule has 142 valence electrons. The predicted molar refractivity (Wildman–Crippen MR) is 105 cm³/mol. The molecule has 7 heteroatoms. The van der Waals surface area contributed by atoms with Gasteiger partial charge in [0.1, 0.15) is 17.0 Å². The molecule has 0 aliphatic carbocycles. The highest BCUT2D eigenvalue weighted by molar-refractivity contribution is 7.16. The Labute approximate surface area is 161 Å². The van der Waals surface area contributed by atoms with Crippen molar-refractivity contribution in [2.24, 2.45) is 4.99 Å². The quantitative estimate of drug-likeness (QED) is 0.596. The van der Waals surface area contributed by atoms with Crippen LogP contribution in [0.25, 0.3) is 10.2 Å². The van der Waals surface area contributed by atoms with Gasteiger partial charge in [-0.1, -0.05) is 35.6 Å². The molecule has 0 saturated heterocycles. The van der Waals surface area contributed by atoms with Crippen molar-refractivity contribution in [2.45, 2.75) is 13.0 Å². The summed E-state index contributed by atoms with van der Waals surface area (Å²) >= 11 is 1.46. The van der Waals surface area contributed by atoms with Crippen molar-refractivity contribution in [2.75, 3.05) is 27.4 Å². The zero-order valence-corrected chi connectivity index (χ0v) is 16.2. The van der Waals surface area contributed by atoms with Crippen LogP contribution in [0.3, 0.4) is 0 Å². The van der Waals surface area contributed by atoms with Gasteiger partial charge in [-0.15, -0.1) is 0 Å². The van der Waals surface area contributed by atoms with Crippen LogP contribution in [0.1, 0.15) is 6.42 Å². The second-order valence-corrected chi connectivity index (χ2v) is 6.76. The molecule has 2 aromatic carbocycles. The molecule has 1 aromatic heterocycles. The normalized spacial score (nSPS) is 11.7. The lowest BCUT2D eigenvalue weighted by Crippen LogP contribution is -2.20. The van der Waals surface area contributed by atoms with Gasteiger partial charge in [0, 0.05) is 13.7 Å². The second-order valence-electron chi connectivity index (χ2n) is 5.75. The van der Waals surface area contributed by atoms with E-state index in [0.717, 1.165) is 21.7 Å². The first-order chi connectivity index (χ1) is 13.2. The van der Waals surface area contributed by atoms with Gasteiger partial charge in [0.2, 0.25) is 0 Å². The molecule has 0 N–H and O–H groups in total. The van der Waals surface area contributed by atoms with Gasteiger partial charge in [0.05, 0.1) is 31.4 Å². The van der Waals surface area contributed by atoms with Gasteiger partial charge in [-0.2, -0.15) is 4.99 Å². The van der Waals surface area contributed by atoms with E-state index in [-0.39, 0.29) is 12.3 Å². The Bertz CT molecular complexity index is 963. The number of benzene rings is 2. The van der Waals surface area contributed by atoms with Crippen molar-refractivity contribution < 1.29 is 19.0 Å². The van der Waals surface area contributed by atoms with E-state index in [1.807, 2.05) is 53.1 Å². The largest absolute Gasteiger partial charge is 0.495 e. The number of methoxy groups -OCH3 is 2. The topological polar surface area (TPSA) is 62.1 Å². The highest BCUT2D eigenvalue weighted by Crippen LogP contribution is 2.27. The average Bonchev–Trinajstić information content (AvgIpc) is 3.04. The number of aromatic nitrogens is 1. The molecule has 3 rings (SSSR count). The number of hydrogen-bond donors (Lipinski definition) is 0. The van der Waals surface area contributed by atoms with Crippen LogP contribution in [0.2, 0.25) is 0 Å². The fraction of sp³-hybridized carbons (Fsp3) is 0.300. The van der Waals surface area contributed by atoms with E-state index < -0.39 is 0 Å². The van der Waals surface area contributed by atoms with E-state index in [1.54, 1.807) is 14.2 Å². The van der Waals surface area contributed by atoms with E-state index in [4.69, 9.17) is 14.2 Å². The third-order valence-corrected chi connectivity index (χ3v) is 4.99. The Hall–Kier alpha value is -2.64. The van der Waals surface area contributed by atoms with Crippen LogP contribution in [0.4, 0.5) is 0 Å². The van der Waals surface area contributed by atoms with E-state index >= 15 is 0 Å². The zero-order chi connectivity index (χ0) is 19.1. The first kappa shape index (κ1) is 19.1. The molecule has 1 amide bonds. The zero-order valence-electron chi connectivity index (χ0n) is 15.4. The van der Waals surface area contributed by atoms with E-state index in [9.17, 15) is 4.79 Å². The fourth-order valence-corrected chi connectivity index (χ4v) is 3.76. The van der Waals surface area contributed by atoms with Crippen LogP contribution in [0.5, 0.6) is 11.5 Å². The molecule has 1 heterocycles. The maximum atomic E-state index is 12.3. The second kappa shape index (κ2) is 9.34. The van der Waals surface area contributed by atoms with Crippen molar-refractivity contribution in [1.82, 2.24) is 4.57 Å². The maximum Gasteiger partial charge on any atom is 0.251 e. The third kappa shape index (κ3) is 4.75. The Balaban J connectivity index is 1.82. The molecule has 0 radical (unpaired) electrons. The minimum Gasteiger partial charge on any atom is -0.495 e. The molecule has 0 atom stereocenters. The average molecular weight is 386 g/mol. The first-order valence-electron chi connectivity index (χ1n) is 8.63. The first-order valence-corrected chi connectivity index (χ1v) is 9.45. The van der Waals surface area contributed by atoms with Crippen LogP contribution in [0, 0.1) is 0 Å². The lowest BCUT2D eigenvalue weighted by atomic mass is 10.3. The van der Waals surface area contributed by atoms with Crippen molar-refractivity contribution in [3.63, 3.8) is 0 Å². The molecule has 27 heavy (non-hydrogen) atoms. The minimum atomic E-state index is -0.220. The molecule has 6 nitrogen and oxygen atoms in total. The molecule has 0 aliphatic rings. The Morgan fingerprint density at radius 2 is 1.89 bits per heavy atom. The molecule has 0 aliphatic heterocycles. The summed E-state index contributed by atoms with van der Waals surface area (Å²) in [7, 11) is 3.28. The monoisotopic (exact) mass is 386 g/mol. The molecule has 0 spiro atoms. The van der Waals surface area contributed by atoms with Gasteiger partial charge in [-0.05, 0) is 24.3 Å². The highest BCUT2D eigenvalue weighted by Gasteiger charge is 2.12. The van der Waals surface area contributed by atoms with Crippen molar-refractivity contribution >= 4 is 27.5 Å². The number of nitrogens with zero attached hydrogens (tertiary/aromatic N) is 2. The maximum absolute atomic E-state index is 12.3. The summed E-state index contributed by atoms with van der Waals surface area (Å²) in [6.45, 7) is 1.39. The van der Waals surface area contributed by atoms with Gasteiger partial charge < -0.3 is 18.8 Å². The van der Waals surface area contributed by atoms with Crippen LogP contribution in [-0.2, 0) is 16.1 Å². The Morgan fingerprint density at radius 3 is 2.63 bits per heavy atom. The number of hydrogen-bond acceptors (Lipinski definition) is 5. The molecule has 0 bridgehead atoms. The summed E-state index contributed by atoms with van der Waals surface area (Å²) in [6.07, 6.45) is 0.213. The molecular weight excluding hydrogens is 364 g/mol. The summed E-state index contributed by atoms with van der Waals surface area (Å²) in [6, 6.07) is 15.2. The van der Waals surface area contributed by atoms with Gasteiger partial charge in [0.25, 0.3) is 5.91 Å². The highest BCUT2D eigenvalue weighted by atomic mass is 32.1. The lowest BCUT2D eigenvalue weighted by Gasteiger charge is -2.08. The Kier molecular flexibility index (Phi) is 6.62. The van der Waals surface area contributed by atoms with Crippen LogP contribution >= 0.6 is 11.3 Å². The number of ether oxygens (including phenoxy) is 3. The summed E-state index contributed by atoms with van der Waals surface area (Å²) in [5.74, 6) is 1.27. The number of carbonyl (C=O) groups excluding carboxylic acids is 1. The summed E-state index contributed by atoms with van der Waals surface area (Å²) in [5, 5.41) is 0. The van der Waals surface area contributed by atoms with Crippen molar-refractivity contribution in [1.29, 1.82) is 0 Å². The standard InChI is InChI=1S/C20H22N2O4S/c1-24-14-12-22-19-16(25-2)9-6-10-17(19)27-20(22)21-18(23)11-13-26-15-7-4-3-5-8-15/h3-10H,11-14H2,1-2H3. The van der Waals surface area contributed by atoms with Crippen LogP contribution in [-0.4, -0.2) is 37.9 Å². The van der Waals surface area contributed by atoms with Gasteiger partial charge in [0.15, 0.2) is 4.80 Å². The van der Waals surface area contributed by atoms with Gasteiger partial charge in [-0.3, -0.25) is 4.79 Å². The SMILES string of the molecule is COCCn1c(=NC(=O)CCOc2ccccc2)sc2cccc(OC)c21. The number of para-hydroxylation sites is 2. The summed E-state index contributed by atoms with van der Waals surface area (Å²) in [4.78, 5) is 17.3. The number of carbonyl (C=O) groups is 1. The number of amides is 1. The molecule has 0 unspecified atom stereocenters.